The van der Waals surface area contributed by atoms with E-state index in [0.29, 0.717) is 11.3 Å². The van der Waals surface area contributed by atoms with Crippen LogP contribution in [0.3, 0.4) is 0 Å². The molecular formula is C11H12N2O2. The van der Waals surface area contributed by atoms with E-state index in [1.54, 1.807) is 12.3 Å². The van der Waals surface area contributed by atoms with Crippen LogP contribution in [0.15, 0.2) is 24.4 Å². The third-order valence-electron chi connectivity index (χ3n) is 2.42. The van der Waals surface area contributed by atoms with Gasteiger partial charge in [-0.15, -0.1) is 0 Å². The van der Waals surface area contributed by atoms with Gasteiger partial charge in [-0.05, 0) is 18.2 Å². The average molecular weight is 204 g/mol. The van der Waals surface area contributed by atoms with Crippen molar-refractivity contribution in [3.05, 3.63) is 30.0 Å². The number of rotatable bonds is 1. The molecule has 2 rings (SSSR count). The summed E-state index contributed by atoms with van der Waals surface area (Å²) in [6.07, 6.45) is 1.75. The van der Waals surface area contributed by atoms with E-state index < -0.39 is 0 Å². The predicted octanol–water partition coefficient (Wildman–Crippen LogP) is 1.55. The Bertz CT molecular complexity index is 529. The fourth-order valence-corrected chi connectivity index (χ4v) is 1.68. The van der Waals surface area contributed by atoms with Crippen molar-refractivity contribution in [2.45, 2.75) is 0 Å². The van der Waals surface area contributed by atoms with Gasteiger partial charge in [-0.3, -0.25) is 0 Å². The Hall–Kier alpha value is -1.97. The lowest BCUT2D eigenvalue weighted by atomic mass is 10.1. The summed E-state index contributed by atoms with van der Waals surface area (Å²) in [6.45, 7) is 0. The maximum Gasteiger partial charge on any atom is 0.340 e. The summed E-state index contributed by atoms with van der Waals surface area (Å²) in [4.78, 5) is 11.5. The van der Waals surface area contributed by atoms with Gasteiger partial charge in [0, 0.05) is 29.8 Å². The number of carbonyl (C=O) groups excluding carboxylic acids is 1. The third-order valence-corrected chi connectivity index (χ3v) is 2.42. The minimum absolute atomic E-state index is 0.341. The molecule has 0 fully saturated rings. The van der Waals surface area contributed by atoms with Gasteiger partial charge in [0.05, 0.1) is 12.7 Å². The van der Waals surface area contributed by atoms with E-state index in [9.17, 15) is 4.79 Å². The molecule has 0 aliphatic heterocycles. The Morgan fingerprint density at radius 1 is 1.47 bits per heavy atom. The maximum absolute atomic E-state index is 11.5. The molecule has 78 valence electrons. The molecular weight excluding hydrogens is 192 g/mol. The molecule has 2 N–H and O–H groups in total. The van der Waals surface area contributed by atoms with Crippen molar-refractivity contribution in [2.75, 3.05) is 12.8 Å². The van der Waals surface area contributed by atoms with Crippen molar-refractivity contribution in [3.8, 4) is 0 Å². The number of anilines is 1. The Balaban J connectivity index is 2.75. The Kier molecular flexibility index (Phi) is 2.11. The first-order chi connectivity index (χ1) is 7.13. The third kappa shape index (κ3) is 1.44. The zero-order valence-electron chi connectivity index (χ0n) is 8.65. The molecule has 4 heteroatoms. The quantitative estimate of drug-likeness (QED) is 0.566. The maximum atomic E-state index is 11.5. The van der Waals surface area contributed by atoms with E-state index in [4.69, 9.17) is 10.5 Å². The summed E-state index contributed by atoms with van der Waals surface area (Å²) < 4.78 is 6.58. The number of nitrogens with zero attached hydrogens (tertiary/aromatic N) is 1. The van der Waals surface area contributed by atoms with Crippen LogP contribution >= 0.6 is 0 Å². The van der Waals surface area contributed by atoms with E-state index in [1.165, 1.54) is 7.11 Å². The van der Waals surface area contributed by atoms with Crippen molar-refractivity contribution in [1.29, 1.82) is 0 Å². The summed E-state index contributed by atoms with van der Waals surface area (Å²) in [7, 11) is 3.25. The molecule has 4 nitrogen and oxygen atoms in total. The molecule has 0 aliphatic carbocycles. The largest absolute Gasteiger partial charge is 0.465 e. The SMILES string of the molecule is COC(=O)c1cn(C)c2ccc(N)cc12. The van der Waals surface area contributed by atoms with Crippen molar-refractivity contribution < 1.29 is 9.53 Å². The number of methoxy groups -OCH3 is 1. The molecule has 0 amide bonds. The van der Waals surface area contributed by atoms with Crippen LogP contribution in [0.4, 0.5) is 5.69 Å². The molecule has 1 aromatic heterocycles. The van der Waals surface area contributed by atoms with E-state index in [1.807, 2.05) is 23.7 Å². The van der Waals surface area contributed by atoms with Crippen LogP contribution in [-0.4, -0.2) is 17.6 Å². The number of hydrogen-bond acceptors (Lipinski definition) is 3. The van der Waals surface area contributed by atoms with Crippen LogP contribution in [0.2, 0.25) is 0 Å². The van der Waals surface area contributed by atoms with Gasteiger partial charge in [-0.25, -0.2) is 4.79 Å². The van der Waals surface area contributed by atoms with E-state index in [2.05, 4.69) is 0 Å². The zero-order valence-corrected chi connectivity index (χ0v) is 8.65. The lowest BCUT2D eigenvalue weighted by molar-refractivity contribution is 0.0603. The highest BCUT2D eigenvalue weighted by Crippen LogP contribution is 2.23. The highest BCUT2D eigenvalue weighted by atomic mass is 16.5. The van der Waals surface area contributed by atoms with Gasteiger partial charge in [0.2, 0.25) is 0 Å². The number of benzene rings is 1. The average Bonchev–Trinajstić information content (AvgIpc) is 2.54. The van der Waals surface area contributed by atoms with Gasteiger partial charge < -0.3 is 15.0 Å². The van der Waals surface area contributed by atoms with Crippen LogP contribution < -0.4 is 5.73 Å². The van der Waals surface area contributed by atoms with Gasteiger partial charge in [0.15, 0.2) is 0 Å². The molecule has 0 bridgehead atoms. The Labute approximate surface area is 87.2 Å². The second-order valence-corrected chi connectivity index (χ2v) is 3.42. The van der Waals surface area contributed by atoms with Crippen molar-refractivity contribution in [1.82, 2.24) is 4.57 Å². The highest BCUT2D eigenvalue weighted by Gasteiger charge is 2.13. The molecule has 1 heterocycles. The fourth-order valence-electron chi connectivity index (χ4n) is 1.68. The second-order valence-electron chi connectivity index (χ2n) is 3.42. The first kappa shape index (κ1) is 9.58. The number of carbonyl (C=O) groups is 1. The smallest absolute Gasteiger partial charge is 0.340 e. The minimum Gasteiger partial charge on any atom is -0.465 e. The number of aromatic nitrogens is 1. The van der Waals surface area contributed by atoms with Crippen molar-refractivity contribution >= 4 is 22.6 Å². The van der Waals surface area contributed by atoms with Gasteiger partial charge in [-0.1, -0.05) is 0 Å². The lowest BCUT2D eigenvalue weighted by Gasteiger charge is -1.98. The second kappa shape index (κ2) is 3.31. The van der Waals surface area contributed by atoms with Gasteiger partial charge >= 0.3 is 5.97 Å². The number of hydrogen-bond donors (Lipinski definition) is 1. The molecule has 1 aromatic carbocycles. The fraction of sp³-hybridized carbons (Fsp3) is 0.182. The molecule has 2 aromatic rings. The van der Waals surface area contributed by atoms with Gasteiger partial charge in [0.1, 0.15) is 0 Å². The van der Waals surface area contributed by atoms with Gasteiger partial charge in [-0.2, -0.15) is 0 Å². The minimum atomic E-state index is -0.341. The molecule has 15 heavy (non-hydrogen) atoms. The molecule has 0 saturated carbocycles. The Morgan fingerprint density at radius 3 is 2.87 bits per heavy atom. The summed E-state index contributed by atoms with van der Waals surface area (Å²) in [5.41, 5.74) is 7.83. The molecule has 0 unspecified atom stereocenters. The summed E-state index contributed by atoms with van der Waals surface area (Å²) in [5.74, 6) is -0.341. The number of ether oxygens (including phenoxy) is 1. The number of nitrogen functional groups attached to an aromatic ring is 1. The number of aryl methyl sites for hydroxylation is 1. The molecule has 0 radical (unpaired) electrons. The topological polar surface area (TPSA) is 57.2 Å². The number of fused-ring (bicyclic) bond motifs is 1. The first-order valence-corrected chi connectivity index (χ1v) is 4.56. The van der Waals surface area contributed by atoms with Gasteiger partial charge in [0.25, 0.3) is 0 Å². The van der Waals surface area contributed by atoms with Crippen LogP contribution in [-0.2, 0) is 11.8 Å². The predicted molar refractivity (Wildman–Crippen MR) is 58.7 cm³/mol. The normalized spacial score (nSPS) is 10.5. The lowest BCUT2D eigenvalue weighted by Crippen LogP contribution is -1.99. The van der Waals surface area contributed by atoms with E-state index in [0.717, 1.165) is 10.9 Å². The molecule has 0 spiro atoms. The standard InChI is InChI=1S/C11H12N2O2/c1-13-6-9(11(14)15-2)8-5-7(12)3-4-10(8)13/h3-6H,12H2,1-2H3. The van der Waals surface area contributed by atoms with Crippen LogP contribution in [0.25, 0.3) is 10.9 Å². The molecule has 0 saturated heterocycles. The van der Waals surface area contributed by atoms with Crippen molar-refractivity contribution in [2.24, 2.45) is 7.05 Å². The Morgan fingerprint density at radius 2 is 2.20 bits per heavy atom. The van der Waals surface area contributed by atoms with E-state index >= 15 is 0 Å². The number of esters is 1. The summed E-state index contributed by atoms with van der Waals surface area (Å²) in [6, 6.07) is 5.47. The van der Waals surface area contributed by atoms with E-state index in [-0.39, 0.29) is 5.97 Å². The molecule has 0 aliphatic rings. The first-order valence-electron chi connectivity index (χ1n) is 4.56. The summed E-state index contributed by atoms with van der Waals surface area (Å²) >= 11 is 0. The molecule has 0 atom stereocenters. The van der Waals surface area contributed by atoms with Crippen molar-refractivity contribution in [3.63, 3.8) is 0 Å². The number of nitrogens with two attached hydrogens (primary N) is 1. The summed E-state index contributed by atoms with van der Waals surface area (Å²) in [5, 5.41) is 0.823. The zero-order chi connectivity index (χ0) is 11.0. The van der Waals surface area contributed by atoms with Crippen LogP contribution in [0, 0.1) is 0 Å². The van der Waals surface area contributed by atoms with Crippen LogP contribution in [0.1, 0.15) is 10.4 Å². The highest BCUT2D eigenvalue weighted by molar-refractivity contribution is 6.05. The van der Waals surface area contributed by atoms with Crippen LogP contribution in [0.5, 0.6) is 0 Å². The monoisotopic (exact) mass is 204 g/mol.